The van der Waals surface area contributed by atoms with E-state index in [4.69, 9.17) is 9.47 Å². The van der Waals surface area contributed by atoms with Gasteiger partial charge in [-0.25, -0.2) is 4.39 Å². The summed E-state index contributed by atoms with van der Waals surface area (Å²) in [6.45, 7) is 4.04. The van der Waals surface area contributed by atoms with Gasteiger partial charge in [-0.2, -0.15) is 4.39 Å². The number of rotatable bonds is 8. The summed E-state index contributed by atoms with van der Waals surface area (Å²) in [6, 6.07) is 3.12. The van der Waals surface area contributed by atoms with E-state index in [0.717, 1.165) is 43.4 Å². The molecular formula is C31H44F2O3. The smallest absolute Gasteiger partial charge is 0.309 e. The molecule has 0 atom stereocenters. The number of allylic oxidation sites excluding steroid dienone is 1. The number of halogens is 2. The number of carbonyl (C=O) groups is 1. The van der Waals surface area contributed by atoms with Gasteiger partial charge in [-0.05, 0) is 106 Å². The van der Waals surface area contributed by atoms with E-state index in [1.165, 1.54) is 50.9 Å². The Morgan fingerprint density at radius 1 is 0.889 bits per heavy atom. The first-order valence-corrected chi connectivity index (χ1v) is 14.5. The maximum absolute atomic E-state index is 14.7. The molecule has 36 heavy (non-hydrogen) atoms. The molecule has 0 radical (unpaired) electrons. The molecule has 3 fully saturated rings. The van der Waals surface area contributed by atoms with Gasteiger partial charge in [0.25, 0.3) is 0 Å². The van der Waals surface area contributed by atoms with Gasteiger partial charge < -0.3 is 9.47 Å². The Labute approximate surface area is 216 Å². The summed E-state index contributed by atoms with van der Waals surface area (Å²) in [5.41, 5.74) is 0.396. The van der Waals surface area contributed by atoms with E-state index in [9.17, 15) is 13.6 Å². The molecule has 1 aromatic rings. The second kappa shape index (κ2) is 13.1. The number of hydrogen-bond donors (Lipinski definition) is 0. The molecule has 0 bridgehead atoms. The van der Waals surface area contributed by atoms with Crippen LogP contribution < -0.4 is 4.74 Å². The van der Waals surface area contributed by atoms with Crippen molar-refractivity contribution in [3.05, 3.63) is 41.7 Å². The van der Waals surface area contributed by atoms with Gasteiger partial charge in [-0.15, -0.1) is 0 Å². The molecule has 3 aliphatic rings. The molecule has 0 saturated heterocycles. The minimum atomic E-state index is -0.941. The topological polar surface area (TPSA) is 35.5 Å². The summed E-state index contributed by atoms with van der Waals surface area (Å²) < 4.78 is 40.1. The Morgan fingerprint density at radius 2 is 1.53 bits per heavy atom. The third-order valence-corrected chi connectivity index (χ3v) is 9.16. The normalized spacial score (nSPS) is 31.3. The minimum absolute atomic E-state index is 0.0339. The molecule has 0 spiro atoms. The Kier molecular flexibility index (Phi) is 9.84. The van der Waals surface area contributed by atoms with E-state index in [-0.39, 0.29) is 29.7 Å². The molecule has 4 rings (SSSR count). The molecule has 0 heterocycles. The van der Waals surface area contributed by atoms with Crippen LogP contribution in [0.25, 0.3) is 0 Å². The van der Waals surface area contributed by atoms with Gasteiger partial charge in [0.1, 0.15) is 6.10 Å². The third kappa shape index (κ3) is 6.69. The Bertz CT molecular complexity index is 874. The van der Waals surface area contributed by atoms with Crippen molar-refractivity contribution in [2.45, 2.75) is 116 Å². The highest BCUT2D eigenvalue weighted by atomic mass is 19.2. The van der Waals surface area contributed by atoms with Crippen LogP contribution in [0.4, 0.5) is 8.78 Å². The molecule has 0 amide bonds. The van der Waals surface area contributed by atoms with E-state index < -0.39 is 11.6 Å². The summed E-state index contributed by atoms with van der Waals surface area (Å²) in [4.78, 5) is 12.9. The summed E-state index contributed by atoms with van der Waals surface area (Å²) >= 11 is 0. The lowest BCUT2D eigenvalue weighted by Crippen LogP contribution is -2.32. The van der Waals surface area contributed by atoms with Crippen molar-refractivity contribution in [1.29, 1.82) is 0 Å². The Balaban J connectivity index is 1.20. The van der Waals surface area contributed by atoms with Crippen LogP contribution in [0.15, 0.2) is 24.5 Å². The van der Waals surface area contributed by atoms with E-state index >= 15 is 0 Å². The van der Waals surface area contributed by atoms with Gasteiger partial charge in [0, 0.05) is 0 Å². The molecule has 0 aliphatic heterocycles. The Morgan fingerprint density at radius 3 is 2.14 bits per heavy atom. The quantitative estimate of drug-likeness (QED) is 0.263. The van der Waals surface area contributed by atoms with E-state index in [2.05, 4.69) is 6.92 Å². The van der Waals surface area contributed by atoms with Crippen LogP contribution in [0.2, 0.25) is 0 Å². The van der Waals surface area contributed by atoms with E-state index in [1.54, 1.807) is 19.1 Å². The molecule has 0 N–H and O–H groups in total. The molecule has 3 saturated carbocycles. The zero-order valence-corrected chi connectivity index (χ0v) is 22.2. The number of hydrogen-bond acceptors (Lipinski definition) is 3. The lowest BCUT2D eigenvalue weighted by atomic mass is 9.69. The van der Waals surface area contributed by atoms with Crippen LogP contribution in [0.5, 0.6) is 5.75 Å². The van der Waals surface area contributed by atoms with Gasteiger partial charge in [0.2, 0.25) is 5.82 Å². The zero-order valence-electron chi connectivity index (χ0n) is 22.2. The van der Waals surface area contributed by atoms with Gasteiger partial charge in [-0.1, -0.05) is 44.7 Å². The van der Waals surface area contributed by atoms with Crippen LogP contribution in [0, 0.1) is 35.3 Å². The van der Waals surface area contributed by atoms with Crippen molar-refractivity contribution >= 4 is 5.97 Å². The van der Waals surface area contributed by atoms with Crippen molar-refractivity contribution in [2.75, 3.05) is 0 Å². The molecular weight excluding hydrogens is 458 g/mol. The summed E-state index contributed by atoms with van der Waals surface area (Å²) in [5, 5.41) is 0. The molecule has 5 heteroatoms. The number of esters is 1. The van der Waals surface area contributed by atoms with Gasteiger partial charge in [-0.3, -0.25) is 4.79 Å². The van der Waals surface area contributed by atoms with Crippen molar-refractivity contribution in [1.82, 2.24) is 0 Å². The van der Waals surface area contributed by atoms with Crippen molar-refractivity contribution in [3.63, 3.8) is 0 Å². The monoisotopic (exact) mass is 502 g/mol. The largest absolute Gasteiger partial charge is 0.462 e. The lowest BCUT2D eigenvalue weighted by Gasteiger charge is -2.37. The first kappa shape index (κ1) is 27.1. The average Bonchev–Trinajstić information content (AvgIpc) is 2.91. The summed E-state index contributed by atoms with van der Waals surface area (Å²) in [6.07, 6.45) is 18.1. The molecule has 0 unspecified atom stereocenters. The fourth-order valence-corrected chi connectivity index (χ4v) is 7.03. The Hall–Kier alpha value is -1.91. The van der Waals surface area contributed by atoms with Crippen LogP contribution in [-0.2, 0) is 9.53 Å². The zero-order chi connectivity index (χ0) is 25.5. The van der Waals surface area contributed by atoms with Crippen molar-refractivity contribution < 1.29 is 23.0 Å². The molecule has 0 aromatic heterocycles. The van der Waals surface area contributed by atoms with Crippen LogP contribution in [-0.4, -0.2) is 12.1 Å². The predicted molar refractivity (Wildman–Crippen MR) is 139 cm³/mol. The molecule has 3 nitrogen and oxygen atoms in total. The second-order valence-corrected chi connectivity index (χ2v) is 11.5. The van der Waals surface area contributed by atoms with E-state index in [1.807, 2.05) is 0 Å². The van der Waals surface area contributed by atoms with Crippen LogP contribution in [0.3, 0.4) is 0 Å². The van der Waals surface area contributed by atoms with Gasteiger partial charge >= 0.3 is 5.97 Å². The number of ether oxygens (including phenoxy) is 2. The molecule has 1 aromatic carbocycles. The molecule has 3 aliphatic carbocycles. The van der Waals surface area contributed by atoms with Crippen LogP contribution in [0.1, 0.15) is 115 Å². The van der Waals surface area contributed by atoms with Crippen molar-refractivity contribution in [3.8, 4) is 5.75 Å². The highest BCUT2D eigenvalue weighted by molar-refractivity contribution is 5.72. The fourth-order valence-electron chi connectivity index (χ4n) is 7.03. The fraction of sp³-hybridized carbons (Fsp3) is 0.710. The number of benzene rings is 1. The maximum atomic E-state index is 14.7. The lowest BCUT2D eigenvalue weighted by molar-refractivity contribution is -0.157. The van der Waals surface area contributed by atoms with Crippen molar-refractivity contribution in [2.24, 2.45) is 23.7 Å². The molecule has 200 valence electrons. The predicted octanol–water partition coefficient (Wildman–Crippen LogP) is 8.86. The maximum Gasteiger partial charge on any atom is 0.309 e. The van der Waals surface area contributed by atoms with Crippen LogP contribution >= 0.6 is 0 Å². The first-order valence-electron chi connectivity index (χ1n) is 14.5. The number of carbonyl (C=O) groups excluding carboxylic acids is 1. The standard InChI is InChI=1S/C31H44F2O3/c1-3-5-21-6-8-22(9-7-21)23-10-12-25(13-11-23)31(34)36-26-16-14-24(15-17-26)27-18-19-28(35-20-4-2)30(33)29(27)32/h4,18-26H,3,5-17H2,1-2H3/b20-4+. The second-order valence-electron chi connectivity index (χ2n) is 11.5. The first-order chi connectivity index (χ1) is 17.5. The summed E-state index contributed by atoms with van der Waals surface area (Å²) in [7, 11) is 0. The van der Waals surface area contributed by atoms with Gasteiger partial charge in [0.15, 0.2) is 11.6 Å². The SMILES string of the molecule is C/C=C/Oc1ccc(C2CCC(OC(=O)C3CCC(C4CCC(CCC)CC4)CC3)CC2)c(F)c1F. The summed E-state index contributed by atoms with van der Waals surface area (Å²) in [5.74, 6) is 0.662. The third-order valence-electron chi connectivity index (χ3n) is 9.16. The average molecular weight is 503 g/mol. The van der Waals surface area contributed by atoms with E-state index in [0.29, 0.717) is 31.2 Å². The minimum Gasteiger partial charge on any atom is -0.462 e. The van der Waals surface area contributed by atoms with Gasteiger partial charge in [0.05, 0.1) is 12.2 Å². The highest BCUT2D eigenvalue weighted by Crippen LogP contribution is 2.43. The highest BCUT2D eigenvalue weighted by Gasteiger charge is 2.35.